The molecule has 0 radical (unpaired) electrons. The second-order valence-corrected chi connectivity index (χ2v) is 7.54. The second kappa shape index (κ2) is 7.14. The first kappa shape index (κ1) is 16.7. The molecule has 0 spiro atoms. The molecule has 0 bridgehead atoms. The van der Waals surface area contributed by atoms with Gasteiger partial charge in [-0.05, 0) is 51.6 Å². The molecule has 1 aromatic rings. The highest BCUT2D eigenvalue weighted by Crippen LogP contribution is 2.30. The molecule has 2 aliphatic rings. The lowest BCUT2D eigenvalue weighted by atomic mass is 9.84. The summed E-state index contributed by atoms with van der Waals surface area (Å²) in [5.74, 6) is 0.536. The van der Waals surface area contributed by atoms with E-state index in [0.717, 1.165) is 64.7 Å². The molecule has 2 heterocycles. The number of likely N-dealkylation sites (tertiary alicyclic amines) is 1. The van der Waals surface area contributed by atoms with E-state index in [-0.39, 0.29) is 5.56 Å². The third-order valence-corrected chi connectivity index (χ3v) is 5.54. The zero-order valence-corrected chi connectivity index (χ0v) is 14.2. The molecule has 23 heavy (non-hydrogen) atoms. The first-order valence-electron chi connectivity index (χ1n) is 9.01. The van der Waals surface area contributed by atoms with Crippen molar-refractivity contribution in [3.05, 3.63) is 28.4 Å². The topological polar surface area (TPSA) is 58.4 Å². The van der Waals surface area contributed by atoms with Crippen LogP contribution in [0, 0.1) is 12.8 Å². The molecule has 0 aromatic carbocycles. The largest absolute Gasteiger partial charge is 0.389 e. The summed E-state index contributed by atoms with van der Waals surface area (Å²) < 4.78 is 1.75. The predicted octanol–water partition coefficient (Wildman–Crippen LogP) is 1.96. The molecule has 3 rings (SSSR count). The number of β-amino-alcohol motifs (C(OH)–C–C–N with tert-alkyl or cyclic N) is 1. The quantitative estimate of drug-likeness (QED) is 0.922. The van der Waals surface area contributed by atoms with Crippen molar-refractivity contribution in [1.29, 1.82) is 0 Å². The van der Waals surface area contributed by atoms with Gasteiger partial charge in [0.15, 0.2) is 0 Å². The summed E-state index contributed by atoms with van der Waals surface area (Å²) in [5, 5.41) is 10.7. The third-order valence-electron chi connectivity index (χ3n) is 5.54. The molecule has 1 saturated heterocycles. The maximum atomic E-state index is 12.1. The van der Waals surface area contributed by atoms with E-state index in [4.69, 9.17) is 0 Å². The van der Waals surface area contributed by atoms with Crippen molar-refractivity contribution >= 4 is 0 Å². The van der Waals surface area contributed by atoms with Gasteiger partial charge in [-0.3, -0.25) is 9.36 Å². The van der Waals surface area contributed by atoms with Crippen LogP contribution in [0.25, 0.3) is 0 Å². The lowest BCUT2D eigenvalue weighted by Crippen LogP contribution is -2.47. The summed E-state index contributed by atoms with van der Waals surface area (Å²) in [6.45, 7) is 5.47. The van der Waals surface area contributed by atoms with Crippen LogP contribution >= 0.6 is 0 Å². The Balaban J connectivity index is 1.50. The molecule has 1 aromatic heterocycles. The first-order chi connectivity index (χ1) is 11.1. The predicted molar refractivity (Wildman–Crippen MR) is 90.4 cm³/mol. The highest BCUT2D eigenvalue weighted by Gasteiger charge is 2.32. The monoisotopic (exact) mass is 319 g/mol. The minimum Gasteiger partial charge on any atom is -0.389 e. The maximum absolute atomic E-state index is 12.1. The Morgan fingerprint density at radius 3 is 2.65 bits per heavy atom. The number of aliphatic hydroxyl groups is 1. The Morgan fingerprint density at radius 2 is 1.96 bits per heavy atom. The van der Waals surface area contributed by atoms with Crippen LogP contribution in [0.4, 0.5) is 0 Å². The van der Waals surface area contributed by atoms with Crippen LogP contribution in [0.5, 0.6) is 0 Å². The van der Waals surface area contributed by atoms with Gasteiger partial charge in [0.25, 0.3) is 5.56 Å². The Bertz CT molecular complexity index is 570. The number of nitrogens with zero attached hydrogens (tertiary/aromatic N) is 3. The smallest absolute Gasteiger partial charge is 0.256 e. The van der Waals surface area contributed by atoms with Crippen molar-refractivity contribution in [1.82, 2.24) is 14.5 Å². The number of aromatic nitrogens is 2. The molecule has 1 aliphatic carbocycles. The summed E-state index contributed by atoms with van der Waals surface area (Å²) in [5.41, 5.74) is 0.339. The average Bonchev–Trinajstić information content (AvgIpc) is 2.54. The lowest BCUT2D eigenvalue weighted by molar-refractivity contribution is -0.0331. The van der Waals surface area contributed by atoms with Crippen molar-refractivity contribution in [2.45, 2.75) is 64.0 Å². The van der Waals surface area contributed by atoms with Crippen LogP contribution in [0.3, 0.4) is 0 Å². The highest BCUT2D eigenvalue weighted by molar-refractivity contribution is 5.00. The SMILES string of the molecule is Cc1cncn(CC2CCN(CC3(O)CCCCC3)CC2)c1=O. The van der Waals surface area contributed by atoms with Gasteiger partial charge in [0.1, 0.15) is 0 Å². The highest BCUT2D eigenvalue weighted by atomic mass is 16.3. The van der Waals surface area contributed by atoms with E-state index >= 15 is 0 Å². The van der Waals surface area contributed by atoms with Crippen molar-refractivity contribution in [3.8, 4) is 0 Å². The number of rotatable bonds is 4. The summed E-state index contributed by atoms with van der Waals surface area (Å²) in [4.78, 5) is 18.6. The fourth-order valence-corrected chi connectivity index (χ4v) is 4.08. The number of piperidine rings is 1. The molecule has 0 unspecified atom stereocenters. The zero-order valence-electron chi connectivity index (χ0n) is 14.2. The van der Waals surface area contributed by atoms with Crippen molar-refractivity contribution < 1.29 is 5.11 Å². The standard InChI is InChI=1S/C18H29N3O2/c1-15-11-19-14-21(17(15)22)12-16-5-9-20(10-6-16)13-18(23)7-3-2-4-8-18/h11,14,16,23H,2-10,12-13H2,1H3. The van der Waals surface area contributed by atoms with Crippen LogP contribution < -0.4 is 5.56 Å². The van der Waals surface area contributed by atoms with Crippen LogP contribution in [0.2, 0.25) is 0 Å². The lowest BCUT2D eigenvalue weighted by Gasteiger charge is -2.40. The van der Waals surface area contributed by atoms with E-state index in [1.807, 2.05) is 6.92 Å². The molecular weight excluding hydrogens is 290 g/mol. The molecule has 5 nitrogen and oxygen atoms in total. The molecule has 5 heteroatoms. The summed E-state index contributed by atoms with van der Waals surface area (Å²) in [7, 11) is 0. The van der Waals surface area contributed by atoms with E-state index in [1.54, 1.807) is 17.1 Å². The fraction of sp³-hybridized carbons (Fsp3) is 0.778. The number of aryl methyl sites for hydroxylation is 1. The molecule has 0 amide bonds. The van der Waals surface area contributed by atoms with Gasteiger partial charge in [-0.25, -0.2) is 4.98 Å². The third kappa shape index (κ3) is 4.21. The van der Waals surface area contributed by atoms with Crippen LogP contribution in [-0.4, -0.2) is 44.8 Å². The Labute approximate surface area is 138 Å². The Kier molecular flexibility index (Phi) is 5.17. The fourth-order valence-electron chi connectivity index (χ4n) is 4.08. The van der Waals surface area contributed by atoms with Gasteiger partial charge in [-0.2, -0.15) is 0 Å². The van der Waals surface area contributed by atoms with Gasteiger partial charge in [-0.1, -0.05) is 19.3 Å². The second-order valence-electron chi connectivity index (χ2n) is 7.54. The van der Waals surface area contributed by atoms with E-state index in [1.165, 1.54) is 6.42 Å². The van der Waals surface area contributed by atoms with Crippen molar-refractivity contribution in [2.75, 3.05) is 19.6 Å². The molecule has 128 valence electrons. The van der Waals surface area contributed by atoms with E-state index in [0.29, 0.717) is 11.5 Å². The van der Waals surface area contributed by atoms with Crippen molar-refractivity contribution in [2.24, 2.45) is 5.92 Å². The van der Waals surface area contributed by atoms with Crippen molar-refractivity contribution in [3.63, 3.8) is 0 Å². The van der Waals surface area contributed by atoms with Crippen LogP contribution in [0.1, 0.15) is 50.5 Å². The summed E-state index contributed by atoms with van der Waals surface area (Å²) in [6.07, 6.45) is 11.0. The zero-order chi connectivity index (χ0) is 16.3. The molecule has 1 aliphatic heterocycles. The number of hydrogen-bond donors (Lipinski definition) is 1. The molecule has 1 saturated carbocycles. The van der Waals surface area contributed by atoms with Gasteiger partial charge in [0, 0.05) is 24.8 Å². The minimum atomic E-state index is -0.456. The summed E-state index contributed by atoms with van der Waals surface area (Å²) >= 11 is 0. The maximum Gasteiger partial charge on any atom is 0.256 e. The van der Waals surface area contributed by atoms with Crippen LogP contribution in [0.15, 0.2) is 17.3 Å². The first-order valence-corrected chi connectivity index (χ1v) is 9.01. The van der Waals surface area contributed by atoms with Crippen LogP contribution in [-0.2, 0) is 6.54 Å². The van der Waals surface area contributed by atoms with E-state index in [9.17, 15) is 9.90 Å². The van der Waals surface area contributed by atoms with Gasteiger partial charge in [0.2, 0.25) is 0 Å². The Morgan fingerprint density at radius 1 is 1.26 bits per heavy atom. The Hall–Kier alpha value is -1.20. The summed E-state index contributed by atoms with van der Waals surface area (Å²) in [6, 6.07) is 0. The molecular formula is C18H29N3O2. The van der Waals surface area contributed by atoms with Gasteiger partial charge >= 0.3 is 0 Å². The van der Waals surface area contributed by atoms with Gasteiger partial charge in [0.05, 0.1) is 11.9 Å². The number of hydrogen-bond acceptors (Lipinski definition) is 4. The normalized spacial score (nSPS) is 23.0. The minimum absolute atomic E-state index is 0.0824. The molecule has 0 atom stereocenters. The molecule has 1 N–H and O–H groups in total. The van der Waals surface area contributed by atoms with E-state index < -0.39 is 5.60 Å². The van der Waals surface area contributed by atoms with E-state index in [2.05, 4.69) is 9.88 Å². The average molecular weight is 319 g/mol. The van der Waals surface area contributed by atoms with Gasteiger partial charge in [-0.15, -0.1) is 0 Å². The molecule has 2 fully saturated rings. The van der Waals surface area contributed by atoms with Gasteiger partial charge < -0.3 is 10.0 Å².